The molecule has 0 bridgehead atoms. The van der Waals surface area contributed by atoms with E-state index in [0.29, 0.717) is 38.6 Å². The van der Waals surface area contributed by atoms with Gasteiger partial charge in [-0.25, -0.2) is 4.79 Å². The van der Waals surface area contributed by atoms with E-state index in [0.717, 1.165) is 5.56 Å². The number of aliphatic imine (C=N–C) groups is 1. The first-order chi connectivity index (χ1) is 14.0. The molecule has 2 N–H and O–H groups in total. The van der Waals surface area contributed by atoms with Crippen molar-refractivity contribution < 1.29 is 22.7 Å². The van der Waals surface area contributed by atoms with Crippen molar-refractivity contribution in [1.29, 1.82) is 0 Å². The van der Waals surface area contributed by atoms with Gasteiger partial charge < -0.3 is 20.3 Å². The van der Waals surface area contributed by atoms with Gasteiger partial charge in [-0.15, -0.1) is 24.0 Å². The number of halogens is 4. The number of pyridine rings is 1. The second kappa shape index (κ2) is 14.3. The average Bonchev–Trinajstić information content (AvgIpc) is 2.62. The molecule has 0 aliphatic heterocycles. The van der Waals surface area contributed by atoms with Gasteiger partial charge in [-0.3, -0.25) is 9.98 Å². The number of ether oxygens (including phenoxy) is 1. The fourth-order valence-corrected chi connectivity index (χ4v) is 2.39. The smallest absolute Gasteiger partial charge is 0.410 e. The van der Waals surface area contributed by atoms with Crippen LogP contribution in [0.4, 0.5) is 18.0 Å². The van der Waals surface area contributed by atoms with Crippen LogP contribution < -0.4 is 10.6 Å². The highest BCUT2D eigenvalue weighted by Crippen LogP contribution is 2.18. The molecular weight excluding hydrogens is 526 g/mol. The van der Waals surface area contributed by atoms with E-state index in [9.17, 15) is 18.0 Å². The van der Waals surface area contributed by atoms with E-state index in [4.69, 9.17) is 4.74 Å². The number of hydrogen-bond donors (Lipinski definition) is 2. The summed E-state index contributed by atoms with van der Waals surface area (Å²) in [6.45, 7) is 8.58. The topological polar surface area (TPSA) is 78.9 Å². The molecule has 0 radical (unpaired) electrons. The standard InChI is InChI=1S/C20H32F3N5O2.HI/c1-5-25-17(27-12-9-20(21,22)23)26-11-7-13-28(18(29)30-19(2,3)4)15-16-8-6-10-24-14-16;/h6,8,10,14H,5,7,9,11-13,15H2,1-4H3,(H2,25,26,27);1H. The molecule has 0 aliphatic carbocycles. The number of carbonyl (C=O) groups excluding carboxylic acids is 1. The SMILES string of the molecule is CCNC(=NCCCN(Cc1cccnc1)C(=O)OC(C)(C)C)NCCC(F)(F)F.I. The molecule has 1 amide bonds. The van der Waals surface area contributed by atoms with Gasteiger partial charge in [-0.05, 0) is 45.7 Å². The Hall–Kier alpha value is -1.79. The van der Waals surface area contributed by atoms with Gasteiger partial charge in [0.2, 0.25) is 0 Å². The third kappa shape index (κ3) is 14.8. The van der Waals surface area contributed by atoms with Crippen molar-refractivity contribution >= 4 is 36.0 Å². The lowest BCUT2D eigenvalue weighted by molar-refractivity contribution is -0.132. The van der Waals surface area contributed by atoms with Crippen LogP contribution in [-0.4, -0.2) is 59.9 Å². The molecule has 178 valence electrons. The maximum atomic E-state index is 12.5. The molecule has 0 fully saturated rings. The van der Waals surface area contributed by atoms with Crippen molar-refractivity contribution in [3.63, 3.8) is 0 Å². The summed E-state index contributed by atoms with van der Waals surface area (Å²) in [6, 6.07) is 3.67. The summed E-state index contributed by atoms with van der Waals surface area (Å²) in [4.78, 5) is 22.5. The van der Waals surface area contributed by atoms with E-state index in [-0.39, 0.29) is 30.5 Å². The molecular formula is C20H33F3IN5O2. The Morgan fingerprint density at radius 3 is 2.52 bits per heavy atom. The van der Waals surface area contributed by atoms with E-state index >= 15 is 0 Å². The summed E-state index contributed by atoms with van der Waals surface area (Å²) >= 11 is 0. The number of hydrogen-bond acceptors (Lipinski definition) is 4. The van der Waals surface area contributed by atoms with E-state index in [2.05, 4.69) is 20.6 Å². The Kier molecular flexibility index (Phi) is 13.5. The van der Waals surface area contributed by atoms with Crippen molar-refractivity contribution in [2.24, 2.45) is 4.99 Å². The second-order valence-electron chi connectivity index (χ2n) is 7.67. The van der Waals surface area contributed by atoms with Gasteiger partial charge in [0.25, 0.3) is 0 Å². The van der Waals surface area contributed by atoms with Crippen molar-refractivity contribution in [1.82, 2.24) is 20.5 Å². The van der Waals surface area contributed by atoms with Crippen LogP contribution in [0.5, 0.6) is 0 Å². The number of alkyl halides is 3. The first-order valence-corrected chi connectivity index (χ1v) is 9.96. The Balaban J connectivity index is 0.00000900. The number of guanidine groups is 1. The van der Waals surface area contributed by atoms with Gasteiger partial charge in [0.05, 0.1) is 13.0 Å². The molecule has 7 nitrogen and oxygen atoms in total. The number of nitrogens with one attached hydrogen (secondary N) is 2. The van der Waals surface area contributed by atoms with Gasteiger partial charge in [0.15, 0.2) is 5.96 Å². The molecule has 1 heterocycles. The predicted octanol–water partition coefficient (Wildman–Crippen LogP) is 4.33. The van der Waals surface area contributed by atoms with Crippen LogP contribution >= 0.6 is 24.0 Å². The van der Waals surface area contributed by atoms with Crippen LogP contribution in [0.2, 0.25) is 0 Å². The molecule has 0 atom stereocenters. The number of aromatic nitrogens is 1. The zero-order chi connectivity index (χ0) is 22.6. The minimum absolute atomic E-state index is 0. The van der Waals surface area contributed by atoms with Gasteiger partial charge in [0.1, 0.15) is 5.60 Å². The summed E-state index contributed by atoms with van der Waals surface area (Å²) in [5.41, 5.74) is 0.247. The van der Waals surface area contributed by atoms with E-state index in [1.165, 1.54) is 0 Å². The molecule has 0 aromatic carbocycles. The summed E-state index contributed by atoms with van der Waals surface area (Å²) in [5, 5.41) is 5.57. The van der Waals surface area contributed by atoms with Crippen LogP contribution in [-0.2, 0) is 11.3 Å². The molecule has 0 saturated heterocycles. The van der Waals surface area contributed by atoms with Crippen LogP contribution in [0.25, 0.3) is 0 Å². The molecule has 1 aromatic rings. The fraction of sp³-hybridized carbons (Fsp3) is 0.650. The fourth-order valence-electron chi connectivity index (χ4n) is 2.39. The lowest BCUT2D eigenvalue weighted by Gasteiger charge is -2.27. The number of amides is 1. The number of nitrogens with zero attached hydrogens (tertiary/aromatic N) is 3. The van der Waals surface area contributed by atoms with Crippen LogP contribution in [0, 0.1) is 0 Å². The zero-order valence-corrected chi connectivity index (χ0v) is 20.8. The molecule has 1 rings (SSSR count). The maximum Gasteiger partial charge on any atom is 0.410 e. The number of rotatable bonds is 9. The second-order valence-corrected chi connectivity index (χ2v) is 7.67. The quantitative estimate of drug-likeness (QED) is 0.204. The molecule has 1 aromatic heterocycles. The Morgan fingerprint density at radius 1 is 1.26 bits per heavy atom. The highest BCUT2D eigenvalue weighted by molar-refractivity contribution is 14.0. The first-order valence-electron chi connectivity index (χ1n) is 9.96. The Labute approximate surface area is 199 Å². The maximum absolute atomic E-state index is 12.5. The third-order valence-corrected chi connectivity index (χ3v) is 3.65. The summed E-state index contributed by atoms with van der Waals surface area (Å²) in [5.74, 6) is 0.317. The third-order valence-electron chi connectivity index (χ3n) is 3.65. The van der Waals surface area contributed by atoms with E-state index < -0.39 is 24.3 Å². The Morgan fingerprint density at radius 2 is 1.97 bits per heavy atom. The van der Waals surface area contributed by atoms with Gasteiger partial charge >= 0.3 is 12.3 Å². The van der Waals surface area contributed by atoms with Crippen LogP contribution in [0.3, 0.4) is 0 Å². The van der Waals surface area contributed by atoms with Crippen LogP contribution in [0.1, 0.15) is 46.1 Å². The molecule has 0 saturated carbocycles. The largest absolute Gasteiger partial charge is 0.444 e. The predicted molar refractivity (Wildman–Crippen MR) is 126 cm³/mol. The van der Waals surface area contributed by atoms with Crippen LogP contribution in [0.15, 0.2) is 29.5 Å². The minimum atomic E-state index is -4.22. The molecule has 11 heteroatoms. The highest BCUT2D eigenvalue weighted by Gasteiger charge is 2.26. The van der Waals surface area contributed by atoms with E-state index in [1.54, 1.807) is 44.1 Å². The van der Waals surface area contributed by atoms with E-state index in [1.807, 2.05) is 13.0 Å². The zero-order valence-electron chi connectivity index (χ0n) is 18.5. The van der Waals surface area contributed by atoms with Gasteiger partial charge in [0, 0.05) is 38.6 Å². The summed E-state index contributed by atoms with van der Waals surface area (Å²) in [6.07, 6.45) is -1.73. The van der Waals surface area contributed by atoms with Crippen molar-refractivity contribution in [3.05, 3.63) is 30.1 Å². The van der Waals surface area contributed by atoms with Crippen molar-refractivity contribution in [3.8, 4) is 0 Å². The van der Waals surface area contributed by atoms with Crippen molar-refractivity contribution in [2.75, 3.05) is 26.2 Å². The number of carbonyl (C=O) groups is 1. The van der Waals surface area contributed by atoms with Gasteiger partial charge in [-0.2, -0.15) is 13.2 Å². The Bertz CT molecular complexity index is 667. The molecule has 0 aliphatic rings. The lowest BCUT2D eigenvalue weighted by atomic mass is 10.2. The first kappa shape index (κ1) is 29.2. The lowest BCUT2D eigenvalue weighted by Crippen LogP contribution is -2.39. The summed E-state index contributed by atoms with van der Waals surface area (Å²) in [7, 11) is 0. The monoisotopic (exact) mass is 559 g/mol. The normalized spacial score (nSPS) is 12.0. The highest BCUT2D eigenvalue weighted by atomic mass is 127. The van der Waals surface area contributed by atoms with Gasteiger partial charge in [-0.1, -0.05) is 6.07 Å². The molecule has 31 heavy (non-hydrogen) atoms. The van der Waals surface area contributed by atoms with Crippen molar-refractivity contribution in [2.45, 2.75) is 58.9 Å². The molecule has 0 unspecified atom stereocenters. The minimum Gasteiger partial charge on any atom is -0.444 e. The molecule has 0 spiro atoms. The summed E-state index contributed by atoms with van der Waals surface area (Å²) < 4.78 is 42.4. The average molecular weight is 559 g/mol.